The van der Waals surface area contributed by atoms with Crippen LogP contribution < -0.4 is 0 Å². The fourth-order valence-corrected chi connectivity index (χ4v) is 8.35. The van der Waals surface area contributed by atoms with E-state index < -0.39 is 6.10 Å². The van der Waals surface area contributed by atoms with Crippen LogP contribution in [-0.4, -0.2) is 37.2 Å². The molecule has 6 heteroatoms. The van der Waals surface area contributed by atoms with Crippen LogP contribution in [0.5, 0.6) is 0 Å². The predicted molar refractivity (Wildman–Crippen MR) is 320 cm³/mol. The molecule has 0 amide bonds. The van der Waals surface area contributed by atoms with Gasteiger partial charge in [-0.25, -0.2) is 0 Å². The Hall–Kier alpha value is -3.93. The molecule has 0 fully saturated rings. The van der Waals surface area contributed by atoms with Crippen LogP contribution in [0.4, 0.5) is 0 Å². The number of carbonyl (C=O) groups is 3. The van der Waals surface area contributed by atoms with E-state index >= 15 is 0 Å². The van der Waals surface area contributed by atoms with Gasteiger partial charge >= 0.3 is 17.9 Å². The zero-order chi connectivity index (χ0) is 53.6. The molecule has 0 aromatic heterocycles. The summed E-state index contributed by atoms with van der Waals surface area (Å²) in [6.45, 7) is 6.48. The molecule has 0 bridgehead atoms. The molecule has 1 atom stereocenters. The molecule has 0 aromatic rings. The number of ether oxygens (including phenoxy) is 3. The summed E-state index contributed by atoms with van der Waals surface area (Å²) in [5.41, 5.74) is 0. The van der Waals surface area contributed by atoms with Gasteiger partial charge in [-0.05, 0) is 128 Å². The molecule has 0 heterocycles. The topological polar surface area (TPSA) is 78.9 Å². The van der Waals surface area contributed by atoms with E-state index in [2.05, 4.69) is 130 Å². The Morgan fingerprint density at radius 3 is 0.865 bits per heavy atom. The Bertz CT molecular complexity index is 1510. The first-order chi connectivity index (χ1) is 36.5. The molecule has 0 saturated carbocycles. The first-order valence-corrected chi connectivity index (χ1v) is 30.9. The normalized spacial score (nSPS) is 12.9. The largest absolute Gasteiger partial charge is 0.462 e. The highest BCUT2D eigenvalue weighted by Gasteiger charge is 2.19. The maximum Gasteiger partial charge on any atom is 0.306 e. The average Bonchev–Trinajstić information content (AvgIpc) is 3.40. The van der Waals surface area contributed by atoms with Gasteiger partial charge < -0.3 is 14.2 Å². The van der Waals surface area contributed by atoms with E-state index in [1.807, 2.05) is 0 Å². The third kappa shape index (κ3) is 59.0. The molecule has 0 aliphatic rings. The number of hydrogen-bond donors (Lipinski definition) is 0. The van der Waals surface area contributed by atoms with Crippen LogP contribution in [-0.2, 0) is 28.6 Å². The second-order valence-corrected chi connectivity index (χ2v) is 20.2. The maximum absolute atomic E-state index is 12.9. The second-order valence-electron chi connectivity index (χ2n) is 20.2. The van der Waals surface area contributed by atoms with E-state index in [-0.39, 0.29) is 31.1 Å². The van der Waals surface area contributed by atoms with Crippen LogP contribution in [0.25, 0.3) is 0 Å². The lowest BCUT2D eigenvalue weighted by atomic mass is 10.1. The summed E-state index contributed by atoms with van der Waals surface area (Å²) < 4.78 is 16.9. The molecule has 0 aliphatic heterocycles. The third-order valence-electron chi connectivity index (χ3n) is 13.0. The van der Waals surface area contributed by atoms with Crippen molar-refractivity contribution in [3.63, 3.8) is 0 Å². The van der Waals surface area contributed by atoms with Crippen molar-refractivity contribution in [1.82, 2.24) is 0 Å². The number of rotatable bonds is 55. The smallest absolute Gasteiger partial charge is 0.306 e. The SMILES string of the molecule is CC/C=C\C/C=C\C/C=C\C/C=C\C/C=C\C/C=C\CCCCCCCCC(=O)OCC(COC(=O)CCCCCCC/C=C\CCCCCCC)OC(=O)CCCCCCCCC/C=C\C/C=C\CCCCC. The molecule has 0 aliphatic carbocycles. The Morgan fingerprint density at radius 1 is 0.284 bits per heavy atom. The average molecular weight is 1030 g/mol. The molecule has 0 aromatic carbocycles. The summed E-state index contributed by atoms with van der Waals surface area (Å²) in [7, 11) is 0. The van der Waals surface area contributed by atoms with Crippen LogP contribution in [0.1, 0.15) is 284 Å². The van der Waals surface area contributed by atoms with Crippen molar-refractivity contribution in [2.75, 3.05) is 13.2 Å². The lowest BCUT2D eigenvalue weighted by Crippen LogP contribution is -2.30. The second kappa shape index (κ2) is 61.6. The van der Waals surface area contributed by atoms with Gasteiger partial charge in [-0.15, -0.1) is 0 Å². The van der Waals surface area contributed by atoms with E-state index in [1.54, 1.807) is 0 Å². The van der Waals surface area contributed by atoms with Crippen molar-refractivity contribution >= 4 is 17.9 Å². The van der Waals surface area contributed by atoms with Gasteiger partial charge in [-0.2, -0.15) is 0 Å². The fraction of sp³-hybridized carbons (Fsp3) is 0.691. The van der Waals surface area contributed by atoms with Crippen LogP contribution in [0, 0.1) is 0 Å². The lowest BCUT2D eigenvalue weighted by molar-refractivity contribution is -0.167. The molecular formula is C68H114O6. The highest BCUT2D eigenvalue weighted by Crippen LogP contribution is 2.15. The van der Waals surface area contributed by atoms with Gasteiger partial charge in [-0.3, -0.25) is 14.4 Å². The summed E-state index contributed by atoms with van der Waals surface area (Å²) in [6.07, 6.45) is 83.6. The minimum Gasteiger partial charge on any atom is -0.462 e. The molecule has 74 heavy (non-hydrogen) atoms. The van der Waals surface area contributed by atoms with Crippen LogP contribution >= 0.6 is 0 Å². The summed E-state index contributed by atoms with van der Waals surface area (Å²) in [5.74, 6) is -0.917. The number of esters is 3. The first-order valence-electron chi connectivity index (χ1n) is 30.9. The maximum atomic E-state index is 12.9. The predicted octanol–water partition coefficient (Wildman–Crippen LogP) is 21.0. The van der Waals surface area contributed by atoms with E-state index in [0.717, 1.165) is 128 Å². The first kappa shape index (κ1) is 70.1. The summed E-state index contributed by atoms with van der Waals surface area (Å²) in [5, 5.41) is 0. The van der Waals surface area contributed by atoms with Gasteiger partial charge in [-0.1, -0.05) is 246 Å². The molecular weight excluding hydrogens is 913 g/mol. The highest BCUT2D eigenvalue weighted by molar-refractivity contribution is 5.71. The van der Waals surface area contributed by atoms with Crippen molar-refractivity contribution < 1.29 is 28.6 Å². The van der Waals surface area contributed by atoms with E-state index in [1.165, 1.54) is 116 Å². The molecule has 0 N–H and O–H groups in total. The highest BCUT2D eigenvalue weighted by atomic mass is 16.6. The van der Waals surface area contributed by atoms with Gasteiger partial charge in [0.2, 0.25) is 0 Å². The van der Waals surface area contributed by atoms with Crippen LogP contribution in [0.15, 0.2) is 109 Å². The number of unbranched alkanes of at least 4 members (excludes halogenated alkanes) is 26. The Labute approximate surface area is 457 Å². The number of carbonyl (C=O) groups excluding carboxylic acids is 3. The van der Waals surface area contributed by atoms with Crippen molar-refractivity contribution in [3.05, 3.63) is 109 Å². The molecule has 0 saturated heterocycles. The minimum absolute atomic E-state index is 0.0910. The number of hydrogen-bond acceptors (Lipinski definition) is 6. The summed E-state index contributed by atoms with van der Waals surface area (Å²) >= 11 is 0. The van der Waals surface area contributed by atoms with Gasteiger partial charge in [0.05, 0.1) is 0 Å². The standard InChI is InChI=1S/C68H114O6/c1-4-7-10-13-16-19-22-25-28-30-31-32-33-34-35-36-37-39-40-43-46-49-52-55-58-61-67(70)73-64-65(63-72-66(69)60-57-54-51-48-45-42-27-24-21-18-15-12-9-6-3)74-68(71)62-59-56-53-50-47-44-41-38-29-26-23-20-17-14-11-8-5-2/h7,10,16-17,19-20,24-29,31-32,34-35,37,39,65H,4-6,8-9,11-15,18,21-23,30,33,36,38,40-64H2,1-3H3/b10-7-,19-16-,20-17-,27-24-,28-25-,29-26-,32-31-,35-34-,39-37-. The van der Waals surface area contributed by atoms with Crippen molar-refractivity contribution in [2.24, 2.45) is 0 Å². The third-order valence-corrected chi connectivity index (χ3v) is 13.0. The van der Waals surface area contributed by atoms with Gasteiger partial charge in [0.15, 0.2) is 6.10 Å². The Balaban J connectivity index is 4.40. The molecule has 0 spiro atoms. The minimum atomic E-state index is -0.795. The molecule has 0 rings (SSSR count). The molecule has 0 radical (unpaired) electrons. The van der Waals surface area contributed by atoms with Gasteiger partial charge in [0, 0.05) is 19.3 Å². The van der Waals surface area contributed by atoms with Crippen LogP contribution in [0.3, 0.4) is 0 Å². The van der Waals surface area contributed by atoms with Crippen LogP contribution in [0.2, 0.25) is 0 Å². The van der Waals surface area contributed by atoms with Crippen molar-refractivity contribution in [2.45, 2.75) is 290 Å². The summed E-state index contributed by atoms with van der Waals surface area (Å²) in [6, 6.07) is 0. The van der Waals surface area contributed by atoms with Gasteiger partial charge in [0.25, 0.3) is 0 Å². The van der Waals surface area contributed by atoms with E-state index in [4.69, 9.17) is 14.2 Å². The number of allylic oxidation sites excluding steroid dienone is 18. The zero-order valence-electron chi connectivity index (χ0n) is 48.3. The monoisotopic (exact) mass is 1030 g/mol. The lowest BCUT2D eigenvalue weighted by Gasteiger charge is -2.18. The molecule has 422 valence electrons. The Morgan fingerprint density at radius 2 is 0.527 bits per heavy atom. The van der Waals surface area contributed by atoms with E-state index in [0.29, 0.717) is 19.3 Å². The van der Waals surface area contributed by atoms with Gasteiger partial charge in [0.1, 0.15) is 13.2 Å². The fourth-order valence-electron chi connectivity index (χ4n) is 8.35. The Kier molecular flexibility index (Phi) is 58.3. The van der Waals surface area contributed by atoms with E-state index in [9.17, 15) is 14.4 Å². The van der Waals surface area contributed by atoms with Crippen molar-refractivity contribution in [1.29, 1.82) is 0 Å². The zero-order valence-corrected chi connectivity index (χ0v) is 48.3. The molecule has 1 unspecified atom stereocenters. The molecule has 6 nitrogen and oxygen atoms in total. The van der Waals surface area contributed by atoms with Crippen molar-refractivity contribution in [3.8, 4) is 0 Å². The quantitative estimate of drug-likeness (QED) is 0.0261. The summed E-state index contributed by atoms with van der Waals surface area (Å²) in [4.78, 5) is 38.3.